The van der Waals surface area contributed by atoms with Gasteiger partial charge in [0.2, 0.25) is 0 Å². The molecule has 0 radical (unpaired) electrons. The number of benzene rings is 2. The van der Waals surface area contributed by atoms with Gasteiger partial charge in [-0.2, -0.15) is 0 Å². The maximum atomic E-state index is 5.70. The summed E-state index contributed by atoms with van der Waals surface area (Å²) in [6, 6.07) is 16.6. The van der Waals surface area contributed by atoms with Crippen molar-refractivity contribution in [1.82, 2.24) is 0 Å². The predicted octanol–water partition coefficient (Wildman–Crippen LogP) is 2.86. The Morgan fingerprint density at radius 1 is 0.680 bits per heavy atom. The molecule has 0 aliphatic heterocycles. The molecule has 0 aromatic heterocycles. The van der Waals surface area contributed by atoms with Gasteiger partial charge in [-0.3, -0.25) is 0 Å². The second kappa shape index (κ2) is 10.7. The predicted molar refractivity (Wildman–Crippen MR) is 101 cm³/mol. The molecule has 2 aromatic rings. The monoisotopic (exact) mass is 460 g/mol. The van der Waals surface area contributed by atoms with Crippen LogP contribution in [0.25, 0.3) is 0 Å². The van der Waals surface area contributed by atoms with E-state index in [4.69, 9.17) is 18.9 Å². The van der Waals surface area contributed by atoms with Gasteiger partial charge in [0.1, 0.15) is 0 Å². The van der Waals surface area contributed by atoms with Crippen molar-refractivity contribution in [2.24, 2.45) is 0 Å². The van der Waals surface area contributed by atoms with Gasteiger partial charge < -0.3 is 0 Å². The average molecular weight is 458 g/mol. The zero-order valence-electron chi connectivity index (χ0n) is 15.2. The summed E-state index contributed by atoms with van der Waals surface area (Å²) < 4.78 is 24.9. The zero-order chi connectivity index (χ0) is 18.1. The van der Waals surface area contributed by atoms with E-state index in [0.29, 0.717) is 13.2 Å². The first kappa shape index (κ1) is 20.1. The second-order valence-electron chi connectivity index (χ2n) is 5.33. The number of ether oxygens (including phenoxy) is 4. The fourth-order valence-corrected chi connectivity index (χ4v) is 4.56. The van der Waals surface area contributed by atoms with E-state index >= 15 is 0 Å². The van der Waals surface area contributed by atoms with Crippen LogP contribution in [0.1, 0.15) is 27.7 Å². The average Bonchev–Trinajstić information content (AvgIpc) is 2.59. The summed E-state index contributed by atoms with van der Waals surface area (Å²) in [6.45, 7) is 9.02. The zero-order valence-corrected chi connectivity index (χ0v) is 17.6. The van der Waals surface area contributed by atoms with Gasteiger partial charge in [0, 0.05) is 0 Å². The molecule has 0 amide bonds. The van der Waals surface area contributed by atoms with E-state index in [-0.39, 0.29) is 12.6 Å². The molecule has 0 N–H and O–H groups in total. The van der Waals surface area contributed by atoms with Crippen LogP contribution in [0, 0.1) is 0 Å². The van der Waals surface area contributed by atoms with Crippen LogP contribution in [0.5, 0.6) is 11.5 Å². The summed E-state index contributed by atoms with van der Waals surface area (Å²) >= 11 is -0.425. The van der Waals surface area contributed by atoms with E-state index in [1.165, 1.54) is 7.22 Å². The van der Waals surface area contributed by atoms with Gasteiger partial charge >= 0.3 is 161 Å². The SMILES string of the molecule is CCOC(C)Oc1ccc([Te]c2ccc(OC(C)OCC)cc2)cc1. The van der Waals surface area contributed by atoms with Crippen LogP contribution in [0.2, 0.25) is 0 Å². The Hall–Kier alpha value is -1.25. The van der Waals surface area contributed by atoms with E-state index in [0.717, 1.165) is 11.5 Å². The van der Waals surface area contributed by atoms with Gasteiger partial charge in [0.05, 0.1) is 0 Å². The molecule has 0 bridgehead atoms. The Kier molecular flexibility index (Phi) is 8.57. The fraction of sp³-hybridized carbons (Fsp3) is 0.400. The molecule has 0 saturated carbocycles. The van der Waals surface area contributed by atoms with Crippen molar-refractivity contribution in [3.8, 4) is 11.5 Å². The summed E-state index contributed by atoms with van der Waals surface area (Å²) in [5, 5.41) is 0. The van der Waals surface area contributed by atoms with E-state index < -0.39 is 20.9 Å². The Bertz CT molecular complexity index is 557. The van der Waals surface area contributed by atoms with E-state index in [2.05, 4.69) is 24.3 Å². The number of hydrogen-bond donors (Lipinski definition) is 0. The van der Waals surface area contributed by atoms with Crippen LogP contribution < -0.4 is 16.7 Å². The summed E-state index contributed by atoms with van der Waals surface area (Å²) in [6.07, 6.45) is -0.446. The van der Waals surface area contributed by atoms with Crippen LogP contribution in [0.4, 0.5) is 0 Å². The van der Waals surface area contributed by atoms with Crippen molar-refractivity contribution in [2.45, 2.75) is 40.3 Å². The molecule has 0 fully saturated rings. The first-order chi connectivity index (χ1) is 12.1. The molecule has 0 aliphatic carbocycles. The van der Waals surface area contributed by atoms with Crippen LogP contribution in [0.3, 0.4) is 0 Å². The molecule has 25 heavy (non-hydrogen) atoms. The Labute approximate surface area is 160 Å². The molecule has 2 unspecified atom stereocenters. The van der Waals surface area contributed by atoms with Crippen molar-refractivity contribution in [2.75, 3.05) is 13.2 Å². The van der Waals surface area contributed by atoms with Gasteiger partial charge in [-0.05, 0) is 0 Å². The summed E-state index contributed by atoms with van der Waals surface area (Å²) in [5.41, 5.74) is 0. The van der Waals surface area contributed by atoms with Crippen LogP contribution >= 0.6 is 0 Å². The molecule has 5 heteroatoms. The molecule has 0 heterocycles. The van der Waals surface area contributed by atoms with E-state index in [9.17, 15) is 0 Å². The molecule has 2 aromatic carbocycles. The quantitative estimate of drug-likeness (QED) is 0.406. The molecular weight excluding hydrogens is 432 g/mol. The molecule has 4 nitrogen and oxygen atoms in total. The van der Waals surface area contributed by atoms with Crippen molar-refractivity contribution in [3.05, 3.63) is 48.5 Å². The van der Waals surface area contributed by atoms with Gasteiger partial charge in [-0.25, -0.2) is 0 Å². The summed E-state index contributed by atoms with van der Waals surface area (Å²) in [7, 11) is 0. The van der Waals surface area contributed by atoms with Gasteiger partial charge in [0.15, 0.2) is 0 Å². The minimum atomic E-state index is -0.425. The van der Waals surface area contributed by atoms with Gasteiger partial charge in [-0.15, -0.1) is 0 Å². The Morgan fingerprint density at radius 2 is 1.04 bits per heavy atom. The van der Waals surface area contributed by atoms with Crippen molar-refractivity contribution in [3.63, 3.8) is 0 Å². The van der Waals surface area contributed by atoms with Crippen LogP contribution in [-0.2, 0) is 9.47 Å². The first-order valence-electron chi connectivity index (χ1n) is 8.55. The third kappa shape index (κ3) is 7.25. The second-order valence-corrected chi connectivity index (χ2v) is 8.60. The standard InChI is InChI=1S/C20H26O4Te/c1-5-21-15(3)23-17-7-11-19(12-8-17)25-20-13-9-18(10-14-20)24-16(4)22-6-2/h7-16H,5-6H2,1-4H3. The van der Waals surface area contributed by atoms with Crippen molar-refractivity contribution >= 4 is 28.1 Å². The van der Waals surface area contributed by atoms with Crippen LogP contribution in [0.15, 0.2) is 48.5 Å². The molecule has 136 valence electrons. The fourth-order valence-electron chi connectivity index (χ4n) is 2.23. The van der Waals surface area contributed by atoms with Crippen LogP contribution in [-0.4, -0.2) is 46.7 Å². The molecule has 0 saturated heterocycles. The molecule has 0 spiro atoms. The third-order valence-corrected chi connectivity index (χ3v) is 6.19. The normalized spacial score (nSPS) is 13.3. The van der Waals surface area contributed by atoms with Crippen molar-refractivity contribution < 1.29 is 18.9 Å². The topological polar surface area (TPSA) is 36.9 Å². The molecule has 2 rings (SSSR count). The van der Waals surface area contributed by atoms with Gasteiger partial charge in [0.25, 0.3) is 0 Å². The molecular formula is C20H26O4Te. The Morgan fingerprint density at radius 3 is 1.36 bits per heavy atom. The molecule has 2 atom stereocenters. The van der Waals surface area contributed by atoms with Crippen molar-refractivity contribution in [1.29, 1.82) is 0 Å². The first-order valence-corrected chi connectivity index (χ1v) is 10.9. The maximum absolute atomic E-state index is 5.70. The molecule has 0 aliphatic rings. The summed E-state index contributed by atoms with van der Waals surface area (Å²) in [4.78, 5) is 0. The van der Waals surface area contributed by atoms with Gasteiger partial charge in [-0.1, -0.05) is 0 Å². The van der Waals surface area contributed by atoms with E-state index in [1.807, 2.05) is 52.0 Å². The number of hydrogen-bond acceptors (Lipinski definition) is 4. The number of rotatable bonds is 10. The van der Waals surface area contributed by atoms with E-state index in [1.54, 1.807) is 0 Å². The Balaban J connectivity index is 1.89. The third-order valence-electron chi connectivity index (χ3n) is 3.29. The minimum absolute atomic E-state index is 0.223. The summed E-state index contributed by atoms with van der Waals surface area (Å²) in [5.74, 6) is 1.68.